The topological polar surface area (TPSA) is 214 Å². The molecule has 1 atom stereocenters. The van der Waals surface area contributed by atoms with Crippen LogP contribution >= 0.6 is 11.8 Å². The number of hydroxylamine groups is 2. The number of urea groups is 1. The summed E-state index contributed by atoms with van der Waals surface area (Å²) in [5.41, 5.74) is 11.4. The first-order valence-corrected chi connectivity index (χ1v) is 28.5. The number of amides is 3. The minimum Gasteiger partial charge on any atom is -0.494 e. The number of para-hydroxylation sites is 1. The molecule has 3 amide bonds. The van der Waals surface area contributed by atoms with Gasteiger partial charge in [-0.25, -0.2) is 28.6 Å². The first-order valence-electron chi connectivity index (χ1n) is 27.7. The second kappa shape index (κ2) is 33.4. The molecular formula is C60H77F2N11O10S. The zero-order valence-electron chi connectivity index (χ0n) is 48.4. The number of ether oxygens (including phenoxy) is 7. The van der Waals surface area contributed by atoms with Gasteiger partial charge in [-0.3, -0.25) is 9.63 Å². The molecule has 0 spiro atoms. The molecule has 7 rings (SSSR count). The Morgan fingerprint density at radius 3 is 2.06 bits per heavy atom. The fourth-order valence-corrected chi connectivity index (χ4v) is 10.4. The predicted molar refractivity (Wildman–Crippen MR) is 323 cm³/mol. The van der Waals surface area contributed by atoms with E-state index in [0.717, 1.165) is 63.2 Å². The SMILES string of the molecule is C=CC(=O)Nc1cc(Nc2nccc(-c3cn(C)c4ccccc34)n2)c(OC)cc1N(C)CCN(C)CCOCCOCCOCCOCCOCCOCCON(C)C(=O)N1N=C(c2cc(F)ccc2F)SC1(CCCN)c1ccccc1. The van der Waals surface area contributed by atoms with E-state index in [4.69, 9.17) is 48.7 Å². The van der Waals surface area contributed by atoms with Crippen LogP contribution in [0.3, 0.4) is 0 Å². The molecule has 6 aromatic rings. The van der Waals surface area contributed by atoms with Crippen molar-refractivity contribution in [1.82, 2.24) is 29.5 Å². The first kappa shape index (κ1) is 64.5. The van der Waals surface area contributed by atoms with E-state index in [2.05, 4.69) is 60.0 Å². The number of nitrogens with zero attached hydrogens (tertiary/aromatic N) is 8. The van der Waals surface area contributed by atoms with Gasteiger partial charge in [-0.2, -0.15) is 10.1 Å². The van der Waals surface area contributed by atoms with Gasteiger partial charge in [0.1, 0.15) is 27.3 Å². The van der Waals surface area contributed by atoms with Crippen molar-refractivity contribution in [2.75, 3.05) is 156 Å². The number of carbonyl (C=O) groups excluding carboxylic acids is 2. The molecule has 24 heteroatoms. The number of aromatic nitrogens is 3. The van der Waals surface area contributed by atoms with E-state index in [0.29, 0.717) is 128 Å². The van der Waals surface area contributed by atoms with Crippen molar-refractivity contribution >= 4 is 62.7 Å². The van der Waals surface area contributed by atoms with Crippen molar-refractivity contribution in [2.24, 2.45) is 17.9 Å². The third kappa shape index (κ3) is 18.2. The van der Waals surface area contributed by atoms with Crippen LogP contribution in [0.4, 0.5) is 36.6 Å². The standard InChI is InChI=1S/C60H77F2N11O10S/c1-7-56(74)65-51-41-52(67-58-64-23-20-50(66-58)48-43-71(4)53-17-12-11-16-46(48)53)55(76-6)42-54(51)70(3)25-24-69(2)26-27-77-28-29-78-30-31-79-32-33-80-34-35-81-36-37-82-38-39-83-72(5)59(75)73-60(21-13-22-63,44-14-9-8-10-15-44)84-57(68-73)47-40-45(61)18-19-49(47)62/h7-12,14-20,23,40-43H,1,13,21-22,24-39,63H2,2-6H3,(H,65,74)(H,64,66,67). The zero-order valence-corrected chi connectivity index (χ0v) is 49.3. The van der Waals surface area contributed by atoms with Crippen molar-refractivity contribution in [1.29, 1.82) is 0 Å². The average Bonchev–Trinajstić information content (AvgIpc) is 4.19. The van der Waals surface area contributed by atoms with Crippen LogP contribution in [0.2, 0.25) is 0 Å². The number of aryl methyl sites for hydroxylation is 1. The van der Waals surface area contributed by atoms with Gasteiger partial charge in [0.15, 0.2) is 0 Å². The molecule has 0 aliphatic carbocycles. The minimum atomic E-state index is -1.09. The van der Waals surface area contributed by atoms with Gasteiger partial charge >= 0.3 is 6.03 Å². The van der Waals surface area contributed by atoms with Gasteiger partial charge in [-0.15, -0.1) is 0 Å². The lowest BCUT2D eigenvalue weighted by atomic mass is 10.0. The maximum Gasteiger partial charge on any atom is 0.365 e. The van der Waals surface area contributed by atoms with Crippen LogP contribution < -0.4 is 26.0 Å². The fraction of sp³-hybridized carbons (Fsp3) is 0.417. The molecule has 3 heterocycles. The summed E-state index contributed by atoms with van der Waals surface area (Å²) in [6, 6.07) is 25.5. The molecule has 4 aromatic carbocycles. The predicted octanol–water partition coefficient (Wildman–Crippen LogP) is 8.24. The molecule has 21 nitrogen and oxygen atoms in total. The lowest BCUT2D eigenvalue weighted by Gasteiger charge is -2.37. The lowest BCUT2D eigenvalue weighted by Crippen LogP contribution is -2.47. The number of halogens is 2. The molecule has 0 saturated heterocycles. The lowest BCUT2D eigenvalue weighted by molar-refractivity contribution is -0.126. The maximum absolute atomic E-state index is 15.0. The Bertz CT molecular complexity index is 3090. The number of rotatable bonds is 37. The van der Waals surface area contributed by atoms with Crippen LogP contribution in [0.5, 0.6) is 5.75 Å². The number of hydrazone groups is 1. The van der Waals surface area contributed by atoms with Gasteiger partial charge in [0, 0.05) is 81.3 Å². The van der Waals surface area contributed by atoms with Crippen molar-refractivity contribution in [3.8, 4) is 17.0 Å². The molecule has 4 N–H and O–H groups in total. The van der Waals surface area contributed by atoms with Gasteiger partial charge in [0.25, 0.3) is 0 Å². The molecule has 0 saturated carbocycles. The summed E-state index contributed by atoms with van der Waals surface area (Å²) < 4.78 is 71.1. The summed E-state index contributed by atoms with van der Waals surface area (Å²) >= 11 is 1.17. The van der Waals surface area contributed by atoms with Gasteiger partial charge in [-0.1, -0.05) is 66.9 Å². The molecule has 2 aromatic heterocycles. The molecule has 0 radical (unpaired) electrons. The number of nitrogens with two attached hydrogens (primary N) is 1. The van der Waals surface area contributed by atoms with Crippen LogP contribution in [0.25, 0.3) is 22.2 Å². The van der Waals surface area contributed by atoms with E-state index in [1.807, 2.05) is 81.8 Å². The number of fused-ring (bicyclic) bond motifs is 1. The summed E-state index contributed by atoms with van der Waals surface area (Å²) in [6.07, 6.45) is 5.92. The molecule has 0 bridgehead atoms. The molecule has 84 heavy (non-hydrogen) atoms. The smallest absolute Gasteiger partial charge is 0.365 e. The van der Waals surface area contributed by atoms with Gasteiger partial charge < -0.3 is 63.9 Å². The molecule has 0 fully saturated rings. The Morgan fingerprint density at radius 1 is 0.762 bits per heavy atom. The van der Waals surface area contributed by atoms with E-state index < -0.39 is 22.5 Å². The monoisotopic (exact) mass is 1180 g/mol. The number of hydrogen-bond acceptors (Lipinski definition) is 18. The van der Waals surface area contributed by atoms with Crippen molar-refractivity contribution < 1.29 is 56.4 Å². The normalized spacial score (nSPS) is 14.1. The number of nitrogens with one attached hydrogen (secondary N) is 2. The molecule has 1 unspecified atom stereocenters. The minimum absolute atomic E-state index is 0.0464. The third-order valence-corrected chi connectivity index (χ3v) is 14.9. The number of methoxy groups -OCH3 is 1. The Kier molecular flexibility index (Phi) is 25.6. The summed E-state index contributed by atoms with van der Waals surface area (Å²) in [4.78, 5) is 44.7. The first-order chi connectivity index (χ1) is 40.8. The van der Waals surface area contributed by atoms with Crippen LogP contribution in [-0.4, -0.2) is 187 Å². The van der Waals surface area contributed by atoms with E-state index in [1.54, 1.807) is 13.3 Å². The summed E-state index contributed by atoms with van der Waals surface area (Å²) in [6.45, 7) is 10.8. The Balaban J connectivity index is 0.701. The van der Waals surface area contributed by atoms with E-state index in [-0.39, 0.29) is 29.7 Å². The number of thioether (sulfide) groups is 1. The second-order valence-corrected chi connectivity index (χ2v) is 20.6. The molecule has 452 valence electrons. The highest BCUT2D eigenvalue weighted by atomic mass is 32.2. The summed E-state index contributed by atoms with van der Waals surface area (Å²) in [5, 5.41) is 14.4. The van der Waals surface area contributed by atoms with Gasteiger partial charge in [-0.05, 0) is 74.5 Å². The average molecular weight is 1180 g/mol. The van der Waals surface area contributed by atoms with Gasteiger partial charge in [0.05, 0.1) is 116 Å². The quantitative estimate of drug-likeness (QED) is 0.0190. The third-order valence-electron chi connectivity index (χ3n) is 13.4. The molecular weight excluding hydrogens is 1100 g/mol. The van der Waals surface area contributed by atoms with Crippen molar-refractivity contribution in [3.05, 3.63) is 139 Å². The maximum atomic E-state index is 15.0. The molecule has 1 aliphatic heterocycles. The number of hydrogen-bond donors (Lipinski definition) is 3. The van der Waals surface area contributed by atoms with Crippen LogP contribution in [0, 0.1) is 11.6 Å². The van der Waals surface area contributed by atoms with Crippen LogP contribution in [0.1, 0.15) is 24.0 Å². The highest BCUT2D eigenvalue weighted by Crippen LogP contribution is 2.51. The molecule has 1 aliphatic rings. The fourth-order valence-electron chi connectivity index (χ4n) is 8.95. The van der Waals surface area contributed by atoms with E-state index in [9.17, 15) is 18.4 Å². The summed E-state index contributed by atoms with van der Waals surface area (Å²) in [7, 11) is 9.05. The highest BCUT2D eigenvalue weighted by Gasteiger charge is 2.50. The largest absolute Gasteiger partial charge is 0.494 e. The Labute approximate surface area is 493 Å². The number of benzene rings is 4. The highest BCUT2D eigenvalue weighted by molar-refractivity contribution is 8.15. The number of likely N-dealkylation sites (N-methyl/N-ethyl adjacent to an activating group) is 2. The van der Waals surface area contributed by atoms with Crippen LogP contribution in [0.15, 0.2) is 121 Å². The van der Waals surface area contributed by atoms with Crippen molar-refractivity contribution in [2.45, 2.75) is 17.7 Å². The van der Waals surface area contributed by atoms with Crippen molar-refractivity contribution in [3.63, 3.8) is 0 Å². The number of anilines is 4. The Morgan fingerprint density at radius 2 is 1.40 bits per heavy atom. The Hall–Kier alpha value is -7.10. The van der Waals surface area contributed by atoms with Crippen LogP contribution in [-0.2, 0) is 50.0 Å². The summed E-state index contributed by atoms with van der Waals surface area (Å²) in [5.74, 6) is -0.711. The van der Waals surface area contributed by atoms with E-state index >= 15 is 0 Å². The number of carbonyl (C=O) groups is 2. The van der Waals surface area contributed by atoms with E-state index in [1.165, 1.54) is 29.9 Å². The van der Waals surface area contributed by atoms with Gasteiger partial charge in [0.2, 0.25) is 11.9 Å². The second-order valence-electron chi connectivity index (χ2n) is 19.3. The zero-order chi connectivity index (χ0) is 59.7.